The normalized spacial score (nSPS) is 12.3. The number of carbonyl (C=O) groups is 1. The van der Waals surface area contributed by atoms with Gasteiger partial charge in [0.25, 0.3) is 5.69 Å². The molecule has 12 heteroatoms. The van der Waals surface area contributed by atoms with Gasteiger partial charge in [-0.2, -0.15) is 0 Å². The summed E-state index contributed by atoms with van der Waals surface area (Å²) in [5.41, 5.74) is -0.156. The monoisotopic (exact) mass is 442 g/mol. The first kappa shape index (κ1) is 22.5. The lowest BCUT2D eigenvalue weighted by Gasteiger charge is -2.28. The number of methoxy groups -OCH3 is 1. The van der Waals surface area contributed by atoms with Gasteiger partial charge in [0.1, 0.15) is 17.6 Å². The summed E-state index contributed by atoms with van der Waals surface area (Å²) in [6, 6.07) is 4.17. The molecule has 8 nitrogen and oxygen atoms in total. The fraction of sp³-hybridized carbons (Fsp3) is 0.429. The summed E-state index contributed by atoms with van der Waals surface area (Å²) < 4.78 is 3.05. The second-order valence-electron chi connectivity index (χ2n) is 5.38. The molecule has 1 rings (SSSR count). The Morgan fingerprint density at radius 2 is 1.92 bits per heavy atom. The van der Waals surface area contributed by atoms with E-state index in [4.69, 9.17) is 51.8 Å². The number of hydrogen-bond acceptors (Lipinski definition) is 5. The summed E-state index contributed by atoms with van der Waals surface area (Å²) in [5.74, 6) is -0.410. The summed E-state index contributed by atoms with van der Waals surface area (Å²) in [6.07, 6.45) is -1.15. The van der Waals surface area contributed by atoms with E-state index >= 15 is 0 Å². The number of thiocarbonyl (C=S) groups is 1. The van der Waals surface area contributed by atoms with Crippen molar-refractivity contribution in [3.63, 3.8) is 0 Å². The number of amides is 1. The molecule has 0 saturated heterocycles. The van der Waals surface area contributed by atoms with E-state index in [1.54, 1.807) is 13.8 Å². The Morgan fingerprint density at radius 3 is 2.38 bits per heavy atom. The molecule has 0 unspecified atom stereocenters. The van der Waals surface area contributed by atoms with E-state index in [-0.39, 0.29) is 28.3 Å². The van der Waals surface area contributed by atoms with Gasteiger partial charge in [-0.05, 0) is 24.4 Å². The fourth-order valence-corrected chi connectivity index (χ4v) is 2.25. The zero-order chi connectivity index (χ0) is 20.1. The largest absolute Gasteiger partial charge is 0.496 e. The topological polar surface area (TPSA) is 106 Å². The van der Waals surface area contributed by atoms with E-state index in [1.807, 2.05) is 0 Å². The van der Waals surface area contributed by atoms with Gasteiger partial charge in [0.2, 0.25) is 9.70 Å². The van der Waals surface area contributed by atoms with Crippen molar-refractivity contribution < 1.29 is 14.5 Å². The van der Waals surface area contributed by atoms with Crippen LogP contribution in [0.2, 0.25) is 0 Å². The number of anilines is 1. The molecule has 144 valence electrons. The summed E-state index contributed by atoms with van der Waals surface area (Å²) >= 11 is 22.7. The predicted molar refractivity (Wildman–Crippen MR) is 106 cm³/mol. The standard InChI is InChI=1S/C14H17Cl3N4O4S/c1-7(2)11(22)19-12(14(15,16)17)20-13(26)18-9-5-4-8(25-3)6-10(9)21(23)24/h4-7,12H,1-3H3,(H,19,22)(H2,18,20,26)/t12-/m0/s1. The Kier molecular flexibility index (Phi) is 8.14. The molecule has 0 aliphatic rings. The SMILES string of the molecule is COc1ccc(NC(=S)N[C@H](NC(=O)C(C)C)C(Cl)(Cl)Cl)c([N+](=O)[O-])c1. The van der Waals surface area contributed by atoms with Crippen molar-refractivity contribution >= 4 is 69.4 Å². The molecule has 0 heterocycles. The zero-order valence-electron chi connectivity index (χ0n) is 14.0. The van der Waals surface area contributed by atoms with Crippen LogP contribution in [0.4, 0.5) is 11.4 Å². The Bertz CT molecular complexity index is 697. The maximum atomic E-state index is 11.9. The Labute approximate surface area is 170 Å². The van der Waals surface area contributed by atoms with Gasteiger partial charge < -0.3 is 20.7 Å². The maximum Gasteiger partial charge on any atom is 0.296 e. The number of halogens is 3. The molecule has 1 atom stereocenters. The lowest BCUT2D eigenvalue weighted by molar-refractivity contribution is -0.384. The van der Waals surface area contributed by atoms with Gasteiger partial charge in [0, 0.05) is 5.92 Å². The van der Waals surface area contributed by atoms with Crippen LogP contribution in [0.1, 0.15) is 13.8 Å². The second-order valence-corrected chi connectivity index (χ2v) is 8.15. The van der Waals surface area contributed by atoms with Crippen molar-refractivity contribution in [2.24, 2.45) is 5.92 Å². The third-order valence-corrected chi connectivity index (χ3v) is 3.94. The number of nitro groups is 1. The van der Waals surface area contributed by atoms with Crippen molar-refractivity contribution in [2.75, 3.05) is 12.4 Å². The molecule has 1 aromatic rings. The lowest BCUT2D eigenvalue weighted by Crippen LogP contribution is -2.56. The van der Waals surface area contributed by atoms with E-state index < -0.39 is 14.9 Å². The molecular weight excluding hydrogens is 427 g/mol. The van der Waals surface area contributed by atoms with Crippen LogP contribution in [-0.2, 0) is 4.79 Å². The van der Waals surface area contributed by atoms with E-state index in [0.717, 1.165) is 0 Å². The van der Waals surface area contributed by atoms with Crippen LogP contribution in [0.15, 0.2) is 18.2 Å². The third kappa shape index (κ3) is 6.64. The highest BCUT2D eigenvalue weighted by atomic mass is 35.6. The lowest BCUT2D eigenvalue weighted by atomic mass is 10.2. The van der Waals surface area contributed by atoms with Gasteiger partial charge in [0.15, 0.2) is 5.11 Å². The van der Waals surface area contributed by atoms with E-state index in [9.17, 15) is 14.9 Å². The molecule has 1 aromatic carbocycles. The van der Waals surface area contributed by atoms with Gasteiger partial charge in [-0.25, -0.2) is 0 Å². The minimum Gasteiger partial charge on any atom is -0.496 e. The molecule has 1 amide bonds. The van der Waals surface area contributed by atoms with Crippen molar-refractivity contribution in [3.8, 4) is 5.75 Å². The predicted octanol–water partition coefficient (Wildman–Crippen LogP) is 3.36. The summed E-state index contributed by atoms with van der Waals surface area (Å²) in [4.78, 5) is 22.5. The summed E-state index contributed by atoms with van der Waals surface area (Å²) in [7, 11) is 1.39. The minimum absolute atomic E-state index is 0.0846. The Morgan fingerprint density at radius 1 is 1.31 bits per heavy atom. The number of benzene rings is 1. The van der Waals surface area contributed by atoms with Crippen LogP contribution in [-0.4, -0.2) is 33.0 Å². The first-order valence-electron chi connectivity index (χ1n) is 7.22. The third-order valence-electron chi connectivity index (χ3n) is 3.06. The molecule has 0 saturated carbocycles. The van der Waals surface area contributed by atoms with Gasteiger partial charge >= 0.3 is 0 Å². The van der Waals surface area contributed by atoms with Crippen molar-refractivity contribution in [1.29, 1.82) is 0 Å². The number of nitro benzene ring substituents is 1. The van der Waals surface area contributed by atoms with Crippen LogP contribution < -0.4 is 20.7 Å². The number of nitrogens with zero attached hydrogens (tertiary/aromatic N) is 1. The molecule has 3 N–H and O–H groups in total. The molecule has 0 aromatic heterocycles. The molecule has 0 fully saturated rings. The van der Waals surface area contributed by atoms with Crippen LogP contribution >= 0.6 is 47.0 Å². The molecule has 26 heavy (non-hydrogen) atoms. The summed E-state index contributed by atoms with van der Waals surface area (Å²) in [5, 5.41) is 18.9. The highest BCUT2D eigenvalue weighted by Crippen LogP contribution is 2.31. The van der Waals surface area contributed by atoms with Crippen LogP contribution in [0.5, 0.6) is 5.75 Å². The Balaban J connectivity index is 2.95. The number of nitrogens with one attached hydrogen (secondary N) is 3. The quantitative estimate of drug-likeness (QED) is 0.203. The number of hydrogen-bond donors (Lipinski definition) is 3. The molecule has 0 aliphatic heterocycles. The molecule has 0 radical (unpaired) electrons. The maximum absolute atomic E-state index is 11.9. The first-order valence-corrected chi connectivity index (χ1v) is 8.77. The highest BCUT2D eigenvalue weighted by molar-refractivity contribution is 7.80. The molecule has 0 aliphatic carbocycles. The first-order chi connectivity index (χ1) is 12.0. The Hall–Kier alpha value is -1.55. The van der Waals surface area contributed by atoms with Crippen LogP contribution in [0, 0.1) is 16.0 Å². The second kappa shape index (κ2) is 9.40. The van der Waals surface area contributed by atoms with Gasteiger partial charge in [-0.15, -0.1) is 0 Å². The number of ether oxygens (including phenoxy) is 1. The van der Waals surface area contributed by atoms with E-state index in [2.05, 4.69) is 16.0 Å². The number of carbonyl (C=O) groups excluding carboxylic acids is 1. The van der Waals surface area contributed by atoms with Gasteiger partial charge in [0.05, 0.1) is 18.1 Å². The molecule has 0 bridgehead atoms. The van der Waals surface area contributed by atoms with Gasteiger partial charge in [-0.1, -0.05) is 48.7 Å². The fourth-order valence-electron chi connectivity index (χ4n) is 1.69. The van der Waals surface area contributed by atoms with Gasteiger partial charge in [-0.3, -0.25) is 14.9 Å². The minimum atomic E-state index is -1.91. The average molecular weight is 444 g/mol. The van der Waals surface area contributed by atoms with Crippen molar-refractivity contribution in [1.82, 2.24) is 10.6 Å². The number of alkyl halides is 3. The average Bonchev–Trinajstić information content (AvgIpc) is 2.53. The highest BCUT2D eigenvalue weighted by Gasteiger charge is 2.35. The molecular formula is C14H17Cl3N4O4S. The summed E-state index contributed by atoms with van der Waals surface area (Å²) in [6.45, 7) is 3.34. The number of rotatable bonds is 6. The van der Waals surface area contributed by atoms with Crippen molar-refractivity contribution in [3.05, 3.63) is 28.3 Å². The van der Waals surface area contributed by atoms with E-state index in [1.165, 1.54) is 25.3 Å². The van der Waals surface area contributed by atoms with Crippen LogP contribution in [0.3, 0.4) is 0 Å². The van der Waals surface area contributed by atoms with Crippen molar-refractivity contribution in [2.45, 2.75) is 23.8 Å². The van der Waals surface area contributed by atoms with Crippen LogP contribution in [0.25, 0.3) is 0 Å². The smallest absolute Gasteiger partial charge is 0.296 e. The van der Waals surface area contributed by atoms with E-state index in [0.29, 0.717) is 5.75 Å². The molecule has 0 spiro atoms. The zero-order valence-corrected chi connectivity index (χ0v) is 17.1.